The van der Waals surface area contributed by atoms with Crippen LogP contribution in [0.5, 0.6) is 5.75 Å². The quantitative estimate of drug-likeness (QED) is 0.312. The number of carbonyl (C=O) groups is 1. The lowest BCUT2D eigenvalue weighted by Crippen LogP contribution is -2.74. The third kappa shape index (κ3) is 3.78. The van der Waals surface area contributed by atoms with E-state index in [1.807, 2.05) is 13.0 Å². The van der Waals surface area contributed by atoms with Crippen molar-refractivity contribution >= 4 is 14.1 Å². The lowest BCUT2D eigenvalue weighted by atomic mass is 9.41. The molecule has 0 aliphatic heterocycles. The Morgan fingerprint density at radius 2 is 1.86 bits per heavy atom. The number of benzene rings is 1. The van der Waals surface area contributed by atoms with Gasteiger partial charge in [-0.05, 0) is 67.4 Å². The molecule has 0 heterocycles. The molecule has 0 radical (unpaired) electrons. The van der Waals surface area contributed by atoms with E-state index in [1.165, 1.54) is 0 Å². The number of Topliss-reactive ketones (excluding diaryl/α,β-unsaturated/α-hetero) is 1. The molecule has 0 saturated heterocycles. The van der Waals surface area contributed by atoms with Crippen molar-refractivity contribution in [1.82, 2.24) is 0 Å². The minimum Gasteiger partial charge on any atom is -0.467 e. The van der Waals surface area contributed by atoms with E-state index in [2.05, 4.69) is 65.9 Å². The first kappa shape index (κ1) is 26.6. The summed E-state index contributed by atoms with van der Waals surface area (Å²) in [7, 11) is -0.503. The standard InChI is InChI=1S/C29H44O5Si/c1-19-14-22-20(23(15-19)33-18-32-7)16-25(30)29(31)27(5)13-11-10-12-21(27)24(17-28(22,29)6)34-35(8,9)26(2,3)4/h10-11,14-15,21,24,31H,12-13,16-18H2,1-9H3/t21-,24-,27-,28+,29-/m1/s1. The topological polar surface area (TPSA) is 65.0 Å². The van der Waals surface area contributed by atoms with Crippen LogP contribution < -0.4 is 4.74 Å². The van der Waals surface area contributed by atoms with Crippen molar-refractivity contribution < 1.29 is 23.8 Å². The Balaban J connectivity index is 1.92. The molecule has 0 aromatic heterocycles. The predicted octanol–water partition coefficient (Wildman–Crippen LogP) is 5.86. The number of ether oxygens (including phenoxy) is 2. The Bertz CT molecular complexity index is 1040. The molecule has 0 unspecified atom stereocenters. The van der Waals surface area contributed by atoms with Crippen molar-refractivity contribution in [3.8, 4) is 5.75 Å². The minimum atomic E-state index is -2.10. The highest BCUT2D eigenvalue weighted by atomic mass is 28.4. The molecule has 6 heteroatoms. The van der Waals surface area contributed by atoms with Gasteiger partial charge in [-0.25, -0.2) is 0 Å². The molecule has 5 nitrogen and oxygen atoms in total. The van der Waals surface area contributed by atoms with Crippen molar-refractivity contribution in [2.45, 2.75) is 102 Å². The zero-order valence-electron chi connectivity index (χ0n) is 23.1. The summed E-state index contributed by atoms with van der Waals surface area (Å²) >= 11 is 0. The number of ketones is 1. The first-order valence-corrected chi connectivity index (χ1v) is 15.9. The Hall–Kier alpha value is -1.47. The van der Waals surface area contributed by atoms with Gasteiger partial charge in [0.2, 0.25) is 0 Å². The summed E-state index contributed by atoms with van der Waals surface area (Å²) in [6, 6.07) is 4.12. The van der Waals surface area contributed by atoms with Crippen molar-refractivity contribution in [2.24, 2.45) is 11.3 Å². The normalized spacial score (nSPS) is 34.7. The summed E-state index contributed by atoms with van der Waals surface area (Å²) in [5.41, 5.74) is 0.0485. The molecule has 4 rings (SSSR count). The smallest absolute Gasteiger partial charge is 0.192 e. The average Bonchev–Trinajstić information content (AvgIpc) is 2.75. The van der Waals surface area contributed by atoms with E-state index in [9.17, 15) is 9.90 Å². The van der Waals surface area contributed by atoms with Gasteiger partial charge < -0.3 is 19.0 Å². The molecule has 1 N–H and O–H groups in total. The average molecular weight is 501 g/mol. The van der Waals surface area contributed by atoms with E-state index in [-0.39, 0.29) is 36.1 Å². The van der Waals surface area contributed by atoms with Gasteiger partial charge >= 0.3 is 0 Å². The number of hydrogen-bond acceptors (Lipinski definition) is 5. The van der Waals surface area contributed by atoms with Crippen LogP contribution in [0.1, 0.15) is 70.6 Å². The number of aliphatic hydroxyl groups is 1. The van der Waals surface area contributed by atoms with Crippen molar-refractivity contribution in [2.75, 3.05) is 13.9 Å². The second-order valence-electron chi connectivity index (χ2n) is 13.0. The van der Waals surface area contributed by atoms with Gasteiger partial charge in [0.15, 0.2) is 20.9 Å². The third-order valence-corrected chi connectivity index (χ3v) is 14.4. The number of aryl methyl sites for hydroxylation is 1. The summed E-state index contributed by atoms with van der Waals surface area (Å²) in [6.07, 6.45) is 6.58. The highest BCUT2D eigenvalue weighted by molar-refractivity contribution is 6.74. The zero-order valence-corrected chi connectivity index (χ0v) is 24.1. The molecule has 194 valence electrons. The zero-order chi connectivity index (χ0) is 26.0. The van der Waals surface area contributed by atoms with Crippen LogP contribution >= 0.6 is 0 Å². The van der Waals surface area contributed by atoms with E-state index in [0.717, 1.165) is 23.1 Å². The van der Waals surface area contributed by atoms with E-state index < -0.39 is 24.7 Å². The van der Waals surface area contributed by atoms with Crippen LogP contribution in [0, 0.1) is 18.3 Å². The van der Waals surface area contributed by atoms with Gasteiger partial charge in [-0.1, -0.05) is 52.8 Å². The summed E-state index contributed by atoms with van der Waals surface area (Å²) in [6.45, 7) is 17.8. The maximum atomic E-state index is 14.0. The maximum absolute atomic E-state index is 14.0. The van der Waals surface area contributed by atoms with E-state index in [1.54, 1.807) is 7.11 Å². The predicted molar refractivity (Wildman–Crippen MR) is 141 cm³/mol. The molecule has 35 heavy (non-hydrogen) atoms. The molecule has 0 amide bonds. The Morgan fingerprint density at radius 3 is 2.49 bits per heavy atom. The fraction of sp³-hybridized carbons (Fsp3) is 0.690. The number of allylic oxidation sites excluding steroid dienone is 2. The summed E-state index contributed by atoms with van der Waals surface area (Å²) in [4.78, 5) is 14.0. The number of carbonyl (C=O) groups excluding carboxylic acids is 1. The van der Waals surface area contributed by atoms with E-state index >= 15 is 0 Å². The van der Waals surface area contributed by atoms with Gasteiger partial charge in [-0.15, -0.1) is 0 Å². The molecule has 1 aromatic rings. The molecule has 0 spiro atoms. The van der Waals surface area contributed by atoms with Gasteiger partial charge in [-0.2, -0.15) is 0 Å². The van der Waals surface area contributed by atoms with Crippen LogP contribution in [-0.4, -0.2) is 44.8 Å². The molecule has 1 fully saturated rings. The fourth-order valence-electron chi connectivity index (χ4n) is 6.89. The first-order valence-electron chi connectivity index (χ1n) is 13.0. The van der Waals surface area contributed by atoms with Gasteiger partial charge in [0.25, 0.3) is 0 Å². The molecular weight excluding hydrogens is 456 g/mol. The fourth-order valence-corrected chi connectivity index (χ4v) is 8.25. The molecular formula is C29H44O5Si. The van der Waals surface area contributed by atoms with Gasteiger partial charge in [0.1, 0.15) is 11.4 Å². The van der Waals surface area contributed by atoms with E-state index in [0.29, 0.717) is 18.6 Å². The van der Waals surface area contributed by atoms with Crippen molar-refractivity contribution in [3.05, 3.63) is 41.0 Å². The van der Waals surface area contributed by atoms with Crippen LogP contribution in [0.4, 0.5) is 0 Å². The molecule has 0 bridgehead atoms. The summed E-state index contributed by atoms with van der Waals surface area (Å²) < 4.78 is 18.2. The molecule has 5 atom stereocenters. The Labute approximate surface area is 212 Å². The lowest BCUT2D eigenvalue weighted by Gasteiger charge is -2.66. The summed E-state index contributed by atoms with van der Waals surface area (Å²) in [5.74, 6) is 0.655. The van der Waals surface area contributed by atoms with Gasteiger partial charge in [0.05, 0.1) is 0 Å². The second kappa shape index (κ2) is 8.54. The van der Waals surface area contributed by atoms with Gasteiger partial charge in [-0.3, -0.25) is 4.79 Å². The van der Waals surface area contributed by atoms with Crippen LogP contribution in [-0.2, 0) is 25.8 Å². The third-order valence-electron chi connectivity index (χ3n) is 9.87. The highest BCUT2D eigenvalue weighted by Gasteiger charge is 2.72. The molecule has 3 aliphatic rings. The Kier molecular flexibility index (Phi) is 6.49. The number of methoxy groups -OCH3 is 1. The van der Waals surface area contributed by atoms with Crippen LogP contribution in [0.25, 0.3) is 0 Å². The molecule has 3 aliphatic carbocycles. The SMILES string of the molecule is COCOc1cc(C)cc2c1CC(=O)[C@]1(O)[C@@]2(C)C[C@@H](O[Si](C)(C)C(C)(C)C)[C@H]2CC=CC[C@]21C. The monoisotopic (exact) mass is 500 g/mol. The lowest BCUT2D eigenvalue weighted by molar-refractivity contribution is -0.213. The minimum absolute atomic E-state index is 0.0428. The number of fused-ring (bicyclic) bond motifs is 5. The van der Waals surface area contributed by atoms with Gasteiger partial charge in [0, 0.05) is 36.0 Å². The van der Waals surface area contributed by atoms with Crippen molar-refractivity contribution in [3.63, 3.8) is 0 Å². The maximum Gasteiger partial charge on any atom is 0.192 e. The summed E-state index contributed by atoms with van der Waals surface area (Å²) in [5, 5.41) is 12.7. The van der Waals surface area contributed by atoms with Crippen molar-refractivity contribution in [1.29, 1.82) is 0 Å². The largest absolute Gasteiger partial charge is 0.467 e. The Morgan fingerprint density at radius 1 is 1.17 bits per heavy atom. The highest BCUT2D eigenvalue weighted by Crippen LogP contribution is 2.65. The second-order valence-corrected chi connectivity index (χ2v) is 17.8. The van der Waals surface area contributed by atoms with Crippen LogP contribution in [0.15, 0.2) is 24.3 Å². The molecule has 1 aromatic carbocycles. The molecule has 1 saturated carbocycles. The van der Waals surface area contributed by atoms with E-state index in [4.69, 9.17) is 13.9 Å². The van der Waals surface area contributed by atoms with Crippen LogP contribution in [0.2, 0.25) is 18.1 Å². The van der Waals surface area contributed by atoms with Crippen LogP contribution in [0.3, 0.4) is 0 Å². The first-order chi connectivity index (χ1) is 16.1. The number of hydrogen-bond donors (Lipinski definition) is 1. The number of rotatable bonds is 5.